The predicted molar refractivity (Wildman–Crippen MR) is 251 cm³/mol. The summed E-state index contributed by atoms with van der Waals surface area (Å²) in [5.41, 5.74) is 20.3. The molecule has 0 aliphatic carbocycles. The molecule has 304 valence electrons. The van der Waals surface area contributed by atoms with Gasteiger partial charge in [-0.3, -0.25) is 0 Å². The van der Waals surface area contributed by atoms with E-state index in [4.69, 9.17) is 0 Å². The normalized spacial score (nSPS) is 10.8. The second-order valence-corrected chi connectivity index (χ2v) is 15.8. The van der Waals surface area contributed by atoms with Crippen molar-refractivity contribution in [2.24, 2.45) is 0 Å². The van der Waals surface area contributed by atoms with Crippen molar-refractivity contribution in [3.8, 4) is 73.2 Å². The summed E-state index contributed by atoms with van der Waals surface area (Å²) in [6.45, 7) is 4.18. The molecule has 0 aliphatic rings. The topological polar surface area (TPSA) is 62.5 Å². The first-order chi connectivity index (χ1) is 30.5. The molecule has 0 saturated carbocycles. The van der Waals surface area contributed by atoms with Gasteiger partial charge < -0.3 is 15.0 Å². The Hall–Kier alpha value is -7.09. The fourth-order valence-corrected chi connectivity index (χ4v) is 8.01. The van der Waals surface area contributed by atoms with Crippen molar-refractivity contribution in [1.29, 1.82) is 5.26 Å². The Balaban J connectivity index is 0.00000544. The SMILES string of the molecule is Cc1ccnc(-c2[c-]cc(CCc3cc(CCc4c[c-]c(-c5cc(C)ccn5)cc4)cc(-c4ccccc4-c4c[c-]c(-c5ccccn5)cc4-c4ccc(C#N)cc4)c3)cc2)c1.[Ir+3]. The fourth-order valence-electron chi connectivity index (χ4n) is 8.01. The summed E-state index contributed by atoms with van der Waals surface area (Å²) in [4.78, 5) is 13.8. The van der Waals surface area contributed by atoms with Crippen LogP contribution in [0.5, 0.6) is 0 Å². The summed E-state index contributed by atoms with van der Waals surface area (Å²) in [6, 6.07) is 67.8. The summed E-state index contributed by atoms with van der Waals surface area (Å²) in [5.74, 6) is 0. The van der Waals surface area contributed by atoms with Gasteiger partial charge in [-0.25, -0.2) is 0 Å². The van der Waals surface area contributed by atoms with Crippen LogP contribution >= 0.6 is 0 Å². The molecule has 0 atom stereocenters. The maximum absolute atomic E-state index is 9.59. The number of nitrogens with zero attached hydrogens (tertiary/aromatic N) is 4. The van der Waals surface area contributed by atoms with E-state index in [1.165, 1.54) is 38.9 Å². The van der Waals surface area contributed by atoms with E-state index in [9.17, 15) is 5.26 Å². The zero-order valence-corrected chi connectivity index (χ0v) is 37.6. The Labute approximate surface area is 384 Å². The number of benzene rings is 6. The number of hydrogen-bond donors (Lipinski definition) is 0. The summed E-state index contributed by atoms with van der Waals surface area (Å²) in [7, 11) is 0. The van der Waals surface area contributed by atoms with E-state index in [0.29, 0.717) is 5.56 Å². The van der Waals surface area contributed by atoms with Crippen molar-refractivity contribution in [3.05, 3.63) is 233 Å². The summed E-state index contributed by atoms with van der Waals surface area (Å²) in [6.07, 6.45) is 9.06. The monoisotopic (exact) mass is 988 g/mol. The van der Waals surface area contributed by atoms with E-state index < -0.39 is 0 Å². The van der Waals surface area contributed by atoms with E-state index >= 15 is 0 Å². The van der Waals surface area contributed by atoms with E-state index in [-0.39, 0.29) is 20.1 Å². The first-order valence-electron chi connectivity index (χ1n) is 21.0. The molecule has 9 rings (SSSR count). The van der Waals surface area contributed by atoms with E-state index in [0.717, 1.165) is 87.3 Å². The molecule has 3 heterocycles. The van der Waals surface area contributed by atoms with Gasteiger partial charge in [0, 0.05) is 18.6 Å². The minimum atomic E-state index is 0. The van der Waals surface area contributed by atoms with Crippen LogP contribution in [0.25, 0.3) is 67.2 Å². The molecule has 0 amide bonds. The molecule has 0 bridgehead atoms. The van der Waals surface area contributed by atoms with Crippen LogP contribution < -0.4 is 0 Å². The molecule has 9 aromatic rings. The maximum atomic E-state index is 9.59. The summed E-state index contributed by atoms with van der Waals surface area (Å²) >= 11 is 0. The molecule has 0 saturated heterocycles. The number of nitriles is 1. The molecule has 3 aromatic heterocycles. The van der Waals surface area contributed by atoms with Gasteiger partial charge in [0.15, 0.2) is 0 Å². The minimum absolute atomic E-state index is 0. The third-order valence-corrected chi connectivity index (χ3v) is 11.3. The average Bonchev–Trinajstić information content (AvgIpc) is 3.33. The van der Waals surface area contributed by atoms with Crippen molar-refractivity contribution < 1.29 is 20.1 Å². The van der Waals surface area contributed by atoms with Crippen LogP contribution in [0.1, 0.15) is 38.9 Å². The quantitative estimate of drug-likeness (QED) is 0.114. The fraction of sp³-hybridized carbons (Fsp3) is 0.103. The van der Waals surface area contributed by atoms with Crippen LogP contribution in [0.4, 0.5) is 0 Å². The van der Waals surface area contributed by atoms with Crippen LogP contribution in [-0.2, 0) is 45.8 Å². The van der Waals surface area contributed by atoms with Crippen LogP contribution in [0.3, 0.4) is 0 Å². The summed E-state index contributed by atoms with van der Waals surface area (Å²) < 4.78 is 0. The average molecular weight is 988 g/mol. The largest absolute Gasteiger partial charge is 3.00 e. The number of aryl methyl sites for hydroxylation is 6. The molecule has 0 radical (unpaired) electrons. The molecular weight excluding hydrogens is 945 g/mol. The van der Waals surface area contributed by atoms with Gasteiger partial charge in [-0.2, -0.15) is 5.26 Å². The van der Waals surface area contributed by atoms with Crippen LogP contribution in [0, 0.1) is 43.4 Å². The Kier molecular flexibility index (Phi) is 13.3. The third kappa shape index (κ3) is 10.2. The first-order valence-corrected chi connectivity index (χ1v) is 21.0. The summed E-state index contributed by atoms with van der Waals surface area (Å²) in [5, 5.41) is 9.59. The molecule has 6 aromatic carbocycles. The first kappa shape index (κ1) is 42.6. The van der Waals surface area contributed by atoms with Gasteiger partial charge in [-0.15, -0.1) is 94.5 Å². The molecule has 5 heteroatoms. The van der Waals surface area contributed by atoms with Gasteiger partial charge in [0.25, 0.3) is 0 Å². The van der Waals surface area contributed by atoms with Crippen LogP contribution in [0.2, 0.25) is 0 Å². The second-order valence-electron chi connectivity index (χ2n) is 15.8. The number of hydrogen-bond acceptors (Lipinski definition) is 4. The van der Waals surface area contributed by atoms with Crippen molar-refractivity contribution in [2.75, 3.05) is 0 Å². The van der Waals surface area contributed by atoms with Crippen LogP contribution in [-0.4, -0.2) is 15.0 Å². The molecule has 0 N–H and O–H groups in total. The van der Waals surface area contributed by atoms with Crippen molar-refractivity contribution in [3.63, 3.8) is 0 Å². The number of rotatable bonds is 12. The maximum Gasteiger partial charge on any atom is 3.00 e. The molecular formula is C58H43IrN4. The Morgan fingerprint density at radius 3 is 1.52 bits per heavy atom. The molecule has 0 aliphatic heterocycles. The van der Waals surface area contributed by atoms with Gasteiger partial charge in [0.2, 0.25) is 0 Å². The van der Waals surface area contributed by atoms with E-state index in [2.05, 4.69) is 156 Å². The molecule has 0 fully saturated rings. The van der Waals surface area contributed by atoms with Crippen molar-refractivity contribution in [2.45, 2.75) is 39.5 Å². The van der Waals surface area contributed by atoms with E-state index in [1.807, 2.05) is 73.2 Å². The van der Waals surface area contributed by atoms with Crippen LogP contribution in [0.15, 0.2) is 176 Å². The predicted octanol–water partition coefficient (Wildman–Crippen LogP) is 13.3. The van der Waals surface area contributed by atoms with E-state index in [1.54, 1.807) is 0 Å². The standard InChI is InChI=1S/C58H43N4.Ir/c1-40-28-31-61-57(33-40)48-22-14-42(15-23-48)10-12-45-35-46(13-11-43-16-24-49(25-17-43)58-34-41(2)29-32-62-58)37-51(36-45)52-7-3-4-8-53(52)54-27-26-50(56-9-5-6-30-60-56)38-55(54)47-20-18-44(39-59)19-21-47;/h3-9,14-22,24,27-38H,10-13H2,1-2H3;/q-3;+3. The smallest absolute Gasteiger partial charge is 0.305 e. The van der Waals surface area contributed by atoms with Crippen molar-refractivity contribution >= 4 is 0 Å². The third-order valence-electron chi connectivity index (χ3n) is 11.3. The van der Waals surface area contributed by atoms with Gasteiger partial charge >= 0.3 is 20.1 Å². The molecule has 63 heavy (non-hydrogen) atoms. The van der Waals surface area contributed by atoms with Gasteiger partial charge in [-0.1, -0.05) is 120 Å². The van der Waals surface area contributed by atoms with Gasteiger partial charge in [-0.05, 0) is 102 Å². The zero-order valence-electron chi connectivity index (χ0n) is 35.2. The molecule has 0 unspecified atom stereocenters. The van der Waals surface area contributed by atoms with Crippen molar-refractivity contribution in [1.82, 2.24) is 15.0 Å². The number of aromatic nitrogens is 3. The molecule has 4 nitrogen and oxygen atoms in total. The Morgan fingerprint density at radius 2 is 0.984 bits per heavy atom. The van der Waals surface area contributed by atoms with Gasteiger partial charge in [0.05, 0.1) is 11.6 Å². The Morgan fingerprint density at radius 1 is 0.429 bits per heavy atom. The van der Waals surface area contributed by atoms with Gasteiger partial charge in [0.1, 0.15) is 0 Å². The number of pyridine rings is 3. The minimum Gasteiger partial charge on any atom is -0.305 e. The Bertz CT molecular complexity index is 2910. The zero-order chi connectivity index (χ0) is 42.3. The molecule has 0 spiro atoms. The second kappa shape index (κ2) is 19.7.